The number of hydrogen-bond acceptors (Lipinski definition) is 7. The van der Waals surface area contributed by atoms with E-state index in [0.717, 1.165) is 6.07 Å². The van der Waals surface area contributed by atoms with Crippen molar-refractivity contribution in [1.29, 1.82) is 0 Å². The number of anilines is 2. The zero-order valence-electron chi connectivity index (χ0n) is 18.1. The summed E-state index contributed by atoms with van der Waals surface area (Å²) < 4.78 is 34.4. The number of hydrogen-bond donors (Lipinski definition) is 2. The van der Waals surface area contributed by atoms with Crippen molar-refractivity contribution in [3.8, 4) is 11.5 Å². The smallest absolute Gasteiger partial charge is 0.343 e. The van der Waals surface area contributed by atoms with Crippen molar-refractivity contribution < 1.29 is 37.4 Å². The number of rotatable bonds is 8. The molecule has 9 nitrogen and oxygen atoms in total. The van der Waals surface area contributed by atoms with Crippen LogP contribution in [0.15, 0.2) is 53.1 Å². The van der Waals surface area contributed by atoms with E-state index in [1.165, 1.54) is 56.9 Å². The number of benzene rings is 2. The van der Waals surface area contributed by atoms with Gasteiger partial charge >= 0.3 is 5.97 Å². The molecule has 10 heteroatoms. The highest BCUT2D eigenvalue weighted by Gasteiger charge is 2.16. The topological polar surface area (TPSA) is 116 Å². The molecule has 0 aliphatic carbocycles. The lowest BCUT2D eigenvalue weighted by atomic mass is 10.1. The van der Waals surface area contributed by atoms with Crippen LogP contribution in [0.1, 0.15) is 26.5 Å². The SMILES string of the molecule is COC(=O)COc1ccc(C(=O)Nc2ccc(F)c(NC(=O)c3ccoc3C)c2)cc1OC. The van der Waals surface area contributed by atoms with Crippen LogP contribution in [-0.2, 0) is 9.53 Å². The van der Waals surface area contributed by atoms with Crippen LogP contribution in [0, 0.1) is 12.7 Å². The van der Waals surface area contributed by atoms with Gasteiger partial charge in [-0.2, -0.15) is 0 Å². The number of nitrogens with one attached hydrogen (secondary N) is 2. The minimum absolute atomic E-state index is 0.109. The highest BCUT2D eigenvalue weighted by molar-refractivity contribution is 6.07. The van der Waals surface area contributed by atoms with E-state index in [-0.39, 0.29) is 40.6 Å². The van der Waals surface area contributed by atoms with Gasteiger partial charge < -0.3 is 29.3 Å². The van der Waals surface area contributed by atoms with E-state index >= 15 is 0 Å². The van der Waals surface area contributed by atoms with E-state index < -0.39 is 23.6 Å². The standard InChI is InChI=1S/C23H21FN2O7/c1-13-16(8-9-32-13)23(29)26-18-11-15(5-6-17(18)24)25-22(28)14-4-7-19(20(10-14)30-2)33-12-21(27)31-3/h4-11H,12H2,1-3H3,(H,25,28)(H,26,29). The van der Waals surface area contributed by atoms with Gasteiger partial charge in [-0.05, 0) is 49.4 Å². The number of carbonyl (C=O) groups is 3. The first kappa shape index (κ1) is 23.3. The van der Waals surface area contributed by atoms with Crippen LogP contribution in [0.4, 0.5) is 15.8 Å². The summed E-state index contributed by atoms with van der Waals surface area (Å²) in [6, 6.07) is 9.62. The van der Waals surface area contributed by atoms with Gasteiger partial charge in [0, 0.05) is 11.3 Å². The molecule has 0 spiro atoms. The second-order valence-corrected chi connectivity index (χ2v) is 6.72. The number of carbonyl (C=O) groups excluding carboxylic acids is 3. The minimum Gasteiger partial charge on any atom is -0.493 e. The van der Waals surface area contributed by atoms with Gasteiger partial charge in [0.15, 0.2) is 18.1 Å². The molecule has 0 fully saturated rings. The average molecular weight is 456 g/mol. The number of aryl methyl sites for hydroxylation is 1. The van der Waals surface area contributed by atoms with Crippen LogP contribution in [0.3, 0.4) is 0 Å². The van der Waals surface area contributed by atoms with Crippen LogP contribution in [0.2, 0.25) is 0 Å². The van der Waals surface area contributed by atoms with Crippen LogP contribution in [0.5, 0.6) is 11.5 Å². The molecule has 0 saturated carbocycles. The van der Waals surface area contributed by atoms with Crippen LogP contribution >= 0.6 is 0 Å². The molecule has 1 heterocycles. The third-order valence-electron chi connectivity index (χ3n) is 4.57. The maximum absolute atomic E-state index is 14.2. The van der Waals surface area contributed by atoms with Gasteiger partial charge in [-0.25, -0.2) is 9.18 Å². The summed E-state index contributed by atoms with van der Waals surface area (Å²) in [5.41, 5.74) is 0.639. The number of furan rings is 1. The van der Waals surface area contributed by atoms with Gasteiger partial charge in [0.05, 0.1) is 31.7 Å². The van der Waals surface area contributed by atoms with Crippen LogP contribution < -0.4 is 20.1 Å². The highest BCUT2D eigenvalue weighted by Crippen LogP contribution is 2.29. The number of amides is 2. The van der Waals surface area contributed by atoms with Gasteiger partial charge in [-0.1, -0.05) is 0 Å². The van der Waals surface area contributed by atoms with Crippen molar-refractivity contribution in [3.63, 3.8) is 0 Å². The molecule has 2 amide bonds. The average Bonchev–Trinajstić information content (AvgIpc) is 3.25. The summed E-state index contributed by atoms with van der Waals surface area (Å²) >= 11 is 0. The molecular weight excluding hydrogens is 435 g/mol. The zero-order valence-corrected chi connectivity index (χ0v) is 18.1. The van der Waals surface area contributed by atoms with E-state index in [1.807, 2.05) is 0 Å². The van der Waals surface area contributed by atoms with Gasteiger partial charge in [0.25, 0.3) is 11.8 Å². The Hall–Kier alpha value is -4.34. The minimum atomic E-state index is -0.670. The van der Waals surface area contributed by atoms with Gasteiger partial charge in [-0.3, -0.25) is 9.59 Å². The third kappa shape index (κ3) is 5.67. The fourth-order valence-electron chi connectivity index (χ4n) is 2.84. The van der Waals surface area contributed by atoms with E-state index in [2.05, 4.69) is 15.4 Å². The van der Waals surface area contributed by atoms with E-state index in [9.17, 15) is 18.8 Å². The first-order chi connectivity index (χ1) is 15.8. The molecule has 0 unspecified atom stereocenters. The molecule has 1 aromatic heterocycles. The normalized spacial score (nSPS) is 10.3. The fourth-order valence-corrected chi connectivity index (χ4v) is 2.84. The molecule has 0 aliphatic rings. The Balaban J connectivity index is 1.73. The summed E-state index contributed by atoms with van der Waals surface area (Å²) in [6.07, 6.45) is 1.36. The second-order valence-electron chi connectivity index (χ2n) is 6.72. The lowest BCUT2D eigenvalue weighted by molar-refractivity contribution is -0.142. The predicted octanol–water partition coefficient (Wildman–Crippen LogP) is 3.79. The molecule has 0 atom stereocenters. The first-order valence-electron chi connectivity index (χ1n) is 9.66. The molecule has 172 valence electrons. The molecule has 0 aliphatic heterocycles. The Labute approximate surface area is 188 Å². The largest absolute Gasteiger partial charge is 0.493 e. The maximum atomic E-state index is 14.2. The van der Waals surface area contributed by atoms with Crippen molar-refractivity contribution in [2.75, 3.05) is 31.5 Å². The number of methoxy groups -OCH3 is 2. The van der Waals surface area contributed by atoms with Gasteiger partial charge in [-0.15, -0.1) is 0 Å². The number of ether oxygens (including phenoxy) is 3. The molecular formula is C23H21FN2O7. The van der Waals surface area contributed by atoms with Crippen molar-refractivity contribution in [1.82, 2.24) is 0 Å². The molecule has 0 bridgehead atoms. The number of halogens is 1. The Morgan fingerprint density at radius 3 is 2.42 bits per heavy atom. The summed E-state index contributed by atoms with van der Waals surface area (Å²) in [5, 5.41) is 5.09. The summed E-state index contributed by atoms with van der Waals surface area (Å²) in [4.78, 5) is 36.3. The first-order valence-corrected chi connectivity index (χ1v) is 9.66. The maximum Gasteiger partial charge on any atom is 0.343 e. The molecule has 0 radical (unpaired) electrons. The fraction of sp³-hybridized carbons (Fsp3) is 0.174. The van der Waals surface area contributed by atoms with E-state index in [0.29, 0.717) is 5.76 Å². The van der Waals surface area contributed by atoms with Crippen molar-refractivity contribution in [2.24, 2.45) is 0 Å². The lowest BCUT2D eigenvalue weighted by Crippen LogP contribution is -2.15. The van der Waals surface area contributed by atoms with Crippen LogP contribution in [-0.4, -0.2) is 38.6 Å². The molecule has 0 saturated heterocycles. The monoisotopic (exact) mass is 456 g/mol. The Morgan fingerprint density at radius 2 is 1.76 bits per heavy atom. The van der Waals surface area contributed by atoms with Crippen molar-refractivity contribution in [3.05, 3.63) is 71.4 Å². The van der Waals surface area contributed by atoms with Crippen LogP contribution in [0.25, 0.3) is 0 Å². The number of esters is 1. The summed E-state index contributed by atoms with van der Waals surface area (Å²) in [7, 11) is 2.62. The molecule has 3 aromatic rings. The molecule has 2 aromatic carbocycles. The van der Waals surface area contributed by atoms with Crippen molar-refractivity contribution in [2.45, 2.75) is 6.92 Å². The molecule has 33 heavy (non-hydrogen) atoms. The summed E-state index contributed by atoms with van der Waals surface area (Å²) in [6.45, 7) is 1.29. The highest BCUT2D eigenvalue weighted by atomic mass is 19.1. The van der Waals surface area contributed by atoms with Gasteiger partial charge in [0.1, 0.15) is 11.6 Å². The van der Waals surface area contributed by atoms with E-state index in [1.54, 1.807) is 6.92 Å². The Kier molecular flexibility index (Phi) is 7.29. The van der Waals surface area contributed by atoms with E-state index in [4.69, 9.17) is 13.9 Å². The third-order valence-corrected chi connectivity index (χ3v) is 4.57. The Morgan fingerprint density at radius 1 is 0.970 bits per heavy atom. The summed E-state index contributed by atoms with van der Waals surface area (Å²) in [5.74, 6) is -1.42. The Bertz CT molecular complexity index is 1190. The molecule has 2 N–H and O–H groups in total. The molecule has 3 rings (SSSR count). The predicted molar refractivity (Wildman–Crippen MR) is 116 cm³/mol. The second kappa shape index (κ2) is 10.3. The lowest BCUT2D eigenvalue weighted by Gasteiger charge is -2.12. The van der Waals surface area contributed by atoms with Crippen molar-refractivity contribution >= 4 is 29.2 Å². The quantitative estimate of drug-likeness (QED) is 0.496. The zero-order chi connectivity index (χ0) is 24.0. The van der Waals surface area contributed by atoms with Gasteiger partial charge in [0.2, 0.25) is 0 Å².